The monoisotopic (exact) mass is 524 g/mol. The fourth-order valence-corrected chi connectivity index (χ4v) is 6.06. The van der Waals surface area contributed by atoms with Gasteiger partial charge in [-0.3, -0.25) is 0 Å². The third-order valence-corrected chi connectivity index (χ3v) is 8.34. The van der Waals surface area contributed by atoms with E-state index in [0.717, 1.165) is 42.6 Å². The van der Waals surface area contributed by atoms with Gasteiger partial charge in [0.2, 0.25) is 0 Å². The van der Waals surface area contributed by atoms with E-state index in [1.54, 1.807) is 0 Å². The average Bonchev–Trinajstić information content (AvgIpc) is 2.92. The van der Waals surface area contributed by atoms with Crippen molar-refractivity contribution in [2.24, 2.45) is 0 Å². The maximum atomic E-state index is 4.96. The number of aryl methyl sites for hydroxylation is 4. The summed E-state index contributed by atoms with van der Waals surface area (Å²) in [6.45, 7) is 13.6. The molecule has 0 unspecified atom stereocenters. The molecule has 4 aliphatic carbocycles. The van der Waals surface area contributed by atoms with Crippen LogP contribution in [0.25, 0.3) is 33.2 Å². The number of rotatable bonds is 2. The van der Waals surface area contributed by atoms with E-state index in [0.29, 0.717) is 0 Å². The van der Waals surface area contributed by atoms with Gasteiger partial charge in [0.1, 0.15) is 0 Å². The lowest BCUT2D eigenvalue weighted by Crippen LogP contribution is -2.17. The van der Waals surface area contributed by atoms with Crippen LogP contribution in [0.15, 0.2) is 84.9 Å². The van der Waals surface area contributed by atoms with Crippen LogP contribution in [0.2, 0.25) is 0 Å². The van der Waals surface area contributed by atoms with Crippen molar-refractivity contribution in [3.8, 4) is 22.4 Å². The first-order valence-electron chi connectivity index (χ1n) is 14.7. The summed E-state index contributed by atoms with van der Waals surface area (Å²) >= 11 is 0. The molecule has 9 rings (SSSR count). The summed E-state index contributed by atoms with van der Waals surface area (Å²) in [6.07, 6.45) is 4.11. The summed E-state index contributed by atoms with van der Waals surface area (Å²) in [6, 6.07) is 32.0. The van der Waals surface area contributed by atoms with Crippen molar-refractivity contribution in [2.45, 2.75) is 78.1 Å². The molecule has 0 fully saturated rings. The molecule has 4 bridgehead atoms. The van der Waals surface area contributed by atoms with E-state index < -0.39 is 0 Å². The highest BCUT2D eigenvalue weighted by molar-refractivity contribution is 5.91. The van der Waals surface area contributed by atoms with Crippen LogP contribution in [0.1, 0.15) is 75.1 Å². The van der Waals surface area contributed by atoms with E-state index in [2.05, 4.69) is 126 Å². The highest BCUT2D eigenvalue weighted by Crippen LogP contribution is 2.39. The van der Waals surface area contributed by atoms with E-state index in [-0.39, 0.29) is 10.8 Å². The molecule has 2 nitrogen and oxygen atoms in total. The van der Waals surface area contributed by atoms with Crippen LogP contribution >= 0.6 is 0 Å². The molecule has 4 aliphatic rings. The minimum Gasteiger partial charge on any atom is -0.154 e. The summed E-state index contributed by atoms with van der Waals surface area (Å²) in [5.41, 5.74) is 12.4. The van der Waals surface area contributed by atoms with Gasteiger partial charge in [-0.15, -0.1) is 0 Å². The third kappa shape index (κ3) is 5.20. The van der Waals surface area contributed by atoms with Crippen molar-refractivity contribution in [3.63, 3.8) is 0 Å². The van der Waals surface area contributed by atoms with Crippen molar-refractivity contribution in [1.29, 1.82) is 0 Å². The first-order chi connectivity index (χ1) is 19.1. The van der Waals surface area contributed by atoms with Crippen LogP contribution in [-0.2, 0) is 36.5 Å². The van der Waals surface area contributed by atoms with Gasteiger partial charge in [0.05, 0.1) is 11.4 Å². The van der Waals surface area contributed by atoms with Gasteiger partial charge in [0.15, 0.2) is 0 Å². The molecule has 40 heavy (non-hydrogen) atoms. The predicted molar refractivity (Wildman–Crippen MR) is 169 cm³/mol. The van der Waals surface area contributed by atoms with Gasteiger partial charge in [0.25, 0.3) is 0 Å². The smallest absolute Gasteiger partial charge is 0.0936 e. The number of hydrogen-bond donors (Lipinski definition) is 0. The number of fused-ring (bicyclic) bond motifs is 1. The van der Waals surface area contributed by atoms with Crippen LogP contribution in [-0.4, -0.2) is 10.2 Å². The minimum atomic E-state index is -0.130. The number of aromatic nitrogens is 2. The number of nitrogens with zero attached hydrogens (tertiary/aromatic N) is 2. The zero-order chi connectivity index (χ0) is 28.1. The Kier molecular flexibility index (Phi) is 6.61. The maximum absolute atomic E-state index is 4.96. The minimum absolute atomic E-state index is 0.0155. The number of hydrogen-bond acceptors (Lipinski definition) is 2. The molecule has 0 saturated carbocycles. The first kappa shape index (κ1) is 26.4. The van der Waals surface area contributed by atoms with E-state index in [9.17, 15) is 0 Å². The Balaban J connectivity index is 1.54. The molecule has 1 heterocycles. The van der Waals surface area contributed by atoms with E-state index >= 15 is 0 Å². The summed E-state index contributed by atoms with van der Waals surface area (Å²) in [4.78, 5) is 0. The molecule has 0 spiro atoms. The van der Waals surface area contributed by atoms with E-state index in [4.69, 9.17) is 10.2 Å². The van der Waals surface area contributed by atoms with Crippen molar-refractivity contribution in [2.75, 3.05) is 0 Å². The van der Waals surface area contributed by atoms with Gasteiger partial charge in [-0.1, -0.05) is 108 Å². The van der Waals surface area contributed by atoms with E-state index in [1.165, 1.54) is 49.7 Å². The van der Waals surface area contributed by atoms with E-state index in [1.807, 2.05) is 0 Å². The Morgan fingerprint density at radius 1 is 0.550 bits per heavy atom. The van der Waals surface area contributed by atoms with Crippen LogP contribution in [0, 0.1) is 0 Å². The second-order valence-electron chi connectivity index (χ2n) is 13.5. The number of benzene rings is 4. The zero-order valence-corrected chi connectivity index (χ0v) is 24.8. The summed E-state index contributed by atoms with van der Waals surface area (Å²) in [5.74, 6) is 0. The van der Waals surface area contributed by atoms with Crippen molar-refractivity contribution in [3.05, 3.63) is 118 Å². The van der Waals surface area contributed by atoms with Gasteiger partial charge in [-0.05, 0) is 93.5 Å². The highest BCUT2D eigenvalue weighted by atomic mass is 15.1. The van der Waals surface area contributed by atoms with Crippen LogP contribution in [0.3, 0.4) is 0 Å². The second kappa shape index (κ2) is 10.0. The van der Waals surface area contributed by atoms with Crippen molar-refractivity contribution < 1.29 is 0 Å². The quantitative estimate of drug-likeness (QED) is 0.230. The topological polar surface area (TPSA) is 25.8 Å². The van der Waals surface area contributed by atoms with Crippen LogP contribution in [0.4, 0.5) is 0 Å². The molecule has 2 heteroatoms. The van der Waals surface area contributed by atoms with Gasteiger partial charge in [-0.25, -0.2) is 0 Å². The van der Waals surface area contributed by atoms with Gasteiger partial charge < -0.3 is 0 Å². The van der Waals surface area contributed by atoms with Crippen molar-refractivity contribution in [1.82, 2.24) is 10.2 Å². The third-order valence-electron chi connectivity index (χ3n) is 8.34. The molecule has 4 aromatic carbocycles. The fourth-order valence-electron chi connectivity index (χ4n) is 6.06. The largest absolute Gasteiger partial charge is 0.154 e. The Labute approximate surface area is 239 Å². The molecule has 0 N–H and O–H groups in total. The highest BCUT2D eigenvalue weighted by Gasteiger charge is 2.25. The first-order valence-corrected chi connectivity index (χ1v) is 14.7. The summed E-state index contributed by atoms with van der Waals surface area (Å²) in [7, 11) is 0. The molecule has 0 saturated heterocycles. The van der Waals surface area contributed by atoms with Gasteiger partial charge in [-0.2, -0.15) is 10.2 Å². The molecule has 202 valence electrons. The van der Waals surface area contributed by atoms with Gasteiger partial charge in [0, 0.05) is 16.5 Å². The SMILES string of the molecule is CC(C)(C)c1nnc(-c2cc(C(C)(C)C)c3ccccc3c2)cc1-c1cc2ccc1CCc1ccc(cc1)CC2. The molecule has 1 aromatic heterocycles. The predicted octanol–water partition coefficient (Wildman–Crippen LogP) is 9.44. The fraction of sp³-hybridized carbons (Fsp3) is 0.316. The van der Waals surface area contributed by atoms with Gasteiger partial charge >= 0.3 is 0 Å². The Morgan fingerprint density at radius 2 is 1.20 bits per heavy atom. The Morgan fingerprint density at radius 3 is 1.90 bits per heavy atom. The zero-order valence-electron chi connectivity index (χ0n) is 24.8. The lowest BCUT2D eigenvalue weighted by atomic mass is 9.81. The standard InChI is InChI=1S/C38H40N2/c1-37(2,3)34-23-30(22-29-9-7-8-10-31(29)34)35-24-33(36(40-39-35)38(4,5)6)32-21-27-16-15-25-11-13-26(14-12-25)17-19-28(32)20-18-27/h7-14,18,20-24H,15-17,19H2,1-6H3. The maximum Gasteiger partial charge on any atom is 0.0936 e. The summed E-state index contributed by atoms with van der Waals surface area (Å²) in [5, 5.41) is 12.4. The molecule has 5 aromatic rings. The molecule has 0 aliphatic heterocycles. The average molecular weight is 525 g/mol. The van der Waals surface area contributed by atoms with Crippen LogP contribution in [0.5, 0.6) is 0 Å². The lowest BCUT2D eigenvalue weighted by molar-refractivity contribution is 0.561. The summed E-state index contributed by atoms with van der Waals surface area (Å²) < 4.78 is 0. The second-order valence-corrected chi connectivity index (χ2v) is 13.5. The molecule has 0 radical (unpaired) electrons. The lowest BCUT2D eigenvalue weighted by Gasteiger charge is -2.25. The Bertz CT molecular complexity index is 1700. The van der Waals surface area contributed by atoms with Crippen LogP contribution < -0.4 is 0 Å². The molecule has 0 amide bonds. The Hall–Kier alpha value is -3.78. The molecular weight excluding hydrogens is 484 g/mol. The normalized spacial score (nSPS) is 13.8. The molecule has 0 atom stereocenters. The van der Waals surface area contributed by atoms with Crippen molar-refractivity contribution >= 4 is 10.8 Å². The molecular formula is C38H40N2.